The SMILES string of the molecule is C=CC(=O)N1CCN(C(CC2(C)CC2)c2ccc([C@H](C)Nc3ncc4c(n3)N(CC)C(O)N=C4)cc2)CC1. The number of nitrogens with zero attached hydrogens (tertiary/aromatic N) is 6. The first kappa shape index (κ1) is 26.3. The number of aromatic nitrogens is 2. The highest BCUT2D eigenvalue weighted by atomic mass is 16.3. The molecule has 202 valence electrons. The molecule has 2 unspecified atom stereocenters. The van der Waals surface area contributed by atoms with E-state index >= 15 is 0 Å². The van der Waals surface area contributed by atoms with Gasteiger partial charge in [-0.1, -0.05) is 37.8 Å². The maximum absolute atomic E-state index is 12.1. The van der Waals surface area contributed by atoms with Crippen LogP contribution in [0.15, 0.2) is 48.1 Å². The van der Waals surface area contributed by atoms with Crippen molar-refractivity contribution in [2.75, 3.05) is 42.9 Å². The molecule has 38 heavy (non-hydrogen) atoms. The largest absolute Gasteiger partial charge is 0.355 e. The van der Waals surface area contributed by atoms with Crippen LogP contribution in [0.5, 0.6) is 0 Å². The van der Waals surface area contributed by atoms with Crippen LogP contribution in [-0.2, 0) is 4.79 Å². The fourth-order valence-corrected chi connectivity index (χ4v) is 5.43. The molecule has 2 aromatic rings. The number of anilines is 2. The fraction of sp³-hybridized carbons (Fsp3) is 0.517. The van der Waals surface area contributed by atoms with Crippen molar-refractivity contribution in [2.45, 2.75) is 58.5 Å². The van der Waals surface area contributed by atoms with Gasteiger partial charge in [0.15, 0.2) is 0 Å². The Kier molecular flexibility index (Phi) is 7.49. The van der Waals surface area contributed by atoms with E-state index < -0.39 is 6.35 Å². The summed E-state index contributed by atoms with van der Waals surface area (Å²) >= 11 is 0. The van der Waals surface area contributed by atoms with E-state index in [4.69, 9.17) is 0 Å². The number of fused-ring (bicyclic) bond motifs is 1. The lowest BCUT2D eigenvalue weighted by atomic mass is 9.91. The zero-order valence-electron chi connectivity index (χ0n) is 22.7. The van der Waals surface area contributed by atoms with E-state index in [9.17, 15) is 9.90 Å². The van der Waals surface area contributed by atoms with Crippen LogP contribution in [0.4, 0.5) is 11.8 Å². The molecule has 9 heteroatoms. The van der Waals surface area contributed by atoms with Gasteiger partial charge in [-0.05, 0) is 55.7 Å². The molecule has 1 saturated heterocycles. The minimum absolute atomic E-state index is 0.00668. The number of piperazine rings is 1. The van der Waals surface area contributed by atoms with E-state index in [1.54, 1.807) is 17.3 Å². The van der Waals surface area contributed by atoms with Gasteiger partial charge in [0.2, 0.25) is 18.2 Å². The number of amides is 1. The molecule has 2 N–H and O–H groups in total. The number of hydrogen-bond acceptors (Lipinski definition) is 8. The van der Waals surface area contributed by atoms with Gasteiger partial charge in [0.1, 0.15) is 5.82 Å². The zero-order valence-corrected chi connectivity index (χ0v) is 22.7. The molecule has 0 radical (unpaired) electrons. The van der Waals surface area contributed by atoms with Crippen LogP contribution in [0.3, 0.4) is 0 Å². The molecular formula is C29H39N7O2. The predicted octanol–water partition coefficient (Wildman–Crippen LogP) is 3.75. The van der Waals surface area contributed by atoms with Gasteiger partial charge in [-0.2, -0.15) is 4.98 Å². The van der Waals surface area contributed by atoms with Gasteiger partial charge in [-0.15, -0.1) is 0 Å². The van der Waals surface area contributed by atoms with Gasteiger partial charge in [-0.25, -0.2) is 9.98 Å². The predicted molar refractivity (Wildman–Crippen MR) is 150 cm³/mol. The molecule has 3 atom stereocenters. The number of aliphatic hydroxyl groups excluding tert-OH is 1. The quantitative estimate of drug-likeness (QED) is 0.489. The van der Waals surface area contributed by atoms with Crippen molar-refractivity contribution in [3.8, 4) is 0 Å². The number of benzene rings is 1. The van der Waals surface area contributed by atoms with Crippen LogP contribution in [-0.4, -0.2) is 76.1 Å². The lowest BCUT2D eigenvalue weighted by Gasteiger charge is -2.40. The molecule has 3 heterocycles. The summed E-state index contributed by atoms with van der Waals surface area (Å²) in [4.78, 5) is 31.5. The Morgan fingerprint density at radius 1 is 1.21 bits per heavy atom. The Morgan fingerprint density at radius 2 is 1.89 bits per heavy atom. The lowest BCUT2D eigenvalue weighted by Crippen LogP contribution is -2.49. The Hall–Kier alpha value is -3.30. The Morgan fingerprint density at radius 3 is 2.53 bits per heavy atom. The average Bonchev–Trinajstić information content (AvgIpc) is 3.68. The highest BCUT2D eigenvalue weighted by Gasteiger charge is 2.41. The zero-order chi connectivity index (χ0) is 26.9. The maximum atomic E-state index is 12.1. The van der Waals surface area contributed by atoms with E-state index in [0.29, 0.717) is 29.8 Å². The number of aliphatic hydroxyl groups is 1. The molecule has 9 nitrogen and oxygen atoms in total. The summed E-state index contributed by atoms with van der Waals surface area (Å²) in [6.07, 6.45) is 7.57. The third kappa shape index (κ3) is 5.59. The third-order valence-corrected chi connectivity index (χ3v) is 8.23. The van der Waals surface area contributed by atoms with Crippen LogP contribution in [0.25, 0.3) is 0 Å². The van der Waals surface area contributed by atoms with Gasteiger partial charge >= 0.3 is 0 Å². The smallest absolute Gasteiger partial charge is 0.246 e. The first-order valence-corrected chi connectivity index (χ1v) is 13.7. The van der Waals surface area contributed by atoms with Crippen molar-refractivity contribution in [2.24, 2.45) is 10.4 Å². The molecule has 1 saturated carbocycles. The third-order valence-electron chi connectivity index (χ3n) is 8.23. The van der Waals surface area contributed by atoms with Crippen LogP contribution in [0, 0.1) is 5.41 Å². The highest BCUT2D eigenvalue weighted by molar-refractivity contribution is 5.88. The van der Waals surface area contributed by atoms with E-state index in [-0.39, 0.29) is 11.9 Å². The van der Waals surface area contributed by atoms with Crippen LogP contribution >= 0.6 is 0 Å². The number of aliphatic imine (C=N–C) groups is 1. The molecule has 1 aromatic carbocycles. The minimum Gasteiger partial charge on any atom is -0.355 e. The lowest BCUT2D eigenvalue weighted by molar-refractivity contribution is -0.128. The molecule has 0 spiro atoms. The average molecular weight is 518 g/mol. The van der Waals surface area contributed by atoms with Crippen molar-refractivity contribution in [3.05, 3.63) is 59.8 Å². The first-order chi connectivity index (χ1) is 18.3. The van der Waals surface area contributed by atoms with E-state index in [1.807, 2.05) is 11.8 Å². The Balaban J connectivity index is 1.28. The second-order valence-corrected chi connectivity index (χ2v) is 11.0. The molecule has 5 rings (SSSR count). The summed E-state index contributed by atoms with van der Waals surface area (Å²) in [5.74, 6) is 1.23. The van der Waals surface area contributed by atoms with E-state index in [0.717, 1.165) is 43.7 Å². The van der Waals surface area contributed by atoms with Crippen LogP contribution in [0.2, 0.25) is 0 Å². The summed E-state index contributed by atoms with van der Waals surface area (Å²) in [6.45, 7) is 13.9. The van der Waals surface area contributed by atoms with Gasteiger partial charge in [0.25, 0.3) is 0 Å². The number of carbonyl (C=O) groups excluding carboxylic acids is 1. The minimum atomic E-state index is -0.920. The molecule has 1 aliphatic carbocycles. The van der Waals surface area contributed by atoms with Gasteiger partial charge < -0.3 is 20.2 Å². The van der Waals surface area contributed by atoms with E-state index in [1.165, 1.54) is 24.5 Å². The Bertz CT molecular complexity index is 1190. The fourth-order valence-electron chi connectivity index (χ4n) is 5.43. The van der Waals surface area contributed by atoms with Crippen molar-refractivity contribution in [1.29, 1.82) is 0 Å². The normalized spacial score (nSPS) is 21.9. The highest BCUT2D eigenvalue weighted by Crippen LogP contribution is 2.52. The summed E-state index contributed by atoms with van der Waals surface area (Å²) < 4.78 is 0. The van der Waals surface area contributed by atoms with Gasteiger partial charge in [-0.3, -0.25) is 9.69 Å². The number of rotatable bonds is 9. The second-order valence-electron chi connectivity index (χ2n) is 11.0. The summed E-state index contributed by atoms with van der Waals surface area (Å²) in [7, 11) is 0. The van der Waals surface area contributed by atoms with Gasteiger partial charge in [0, 0.05) is 51.2 Å². The number of nitrogens with one attached hydrogen (secondary N) is 1. The van der Waals surface area contributed by atoms with Crippen molar-refractivity contribution in [1.82, 2.24) is 19.8 Å². The monoisotopic (exact) mass is 517 g/mol. The number of hydrogen-bond donors (Lipinski definition) is 2. The molecule has 1 aromatic heterocycles. The van der Waals surface area contributed by atoms with Crippen molar-refractivity contribution >= 4 is 23.9 Å². The summed E-state index contributed by atoms with van der Waals surface area (Å²) in [5.41, 5.74) is 3.70. The topological polar surface area (TPSA) is 97.2 Å². The first-order valence-electron chi connectivity index (χ1n) is 13.7. The molecule has 0 bridgehead atoms. The van der Waals surface area contributed by atoms with Gasteiger partial charge in [0.05, 0.1) is 11.6 Å². The van der Waals surface area contributed by atoms with Crippen LogP contribution < -0.4 is 10.2 Å². The second kappa shape index (κ2) is 10.8. The molecular weight excluding hydrogens is 478 g/mol. The number of carbonyl (C=O) groups is 1. The molecule has 1 amide bonds. The standard InChI is InChI=1S/C29H39N7O2/c1-5-25(37)35-15-13-34(14-16-35)24(17-29(4)11-12-29)22-9-7-21(8-10-22)20(3)32-27-30-18-23-19-31-28(38)36(6-2)26(23)33-27/h5,7-10,18-20,24,28,38H,1,6,11-17H2,2-4H3,(H,30,32,33)/t20-,24?,28?/m0/s1. The summed E-state index contributed by atoms with van der Waals surface area (Å²) in [6, 6.07) is 9.25. The molecule has 3 aliphatic rings. The van der Waals surface area contributed by atoms with E-state index in [2.05, 4.69) is 69.9 Å². The Labute approximate surface area is 225 Å². The van der Waals surface area contributed by atoms with Crippen molar-refractivity contribution in [3.63, 3.8) is 0 Å². The van der Waals surface area contributed by atoms with Crippen LogP contribution in [0.1, 0.15) is 68.8 Å². The summed E-state index contributed by atoms with van der Waals surface area (Å²) in [5, 5.41) is 13.6. The van der Waals surface area contributed by atoms with Crippen molar-refractivity contribution < 1.29 is 9.90 Å². The molecule has 2 fully saturated rings. The maximum Gasteiger partial charge on any atom is 0.246 e. The molecule has 2 aliphatic heterocycles.